The van der Waals surface area contributed by atoms with E-state index in [9.17, 15) is 52.7 Å². The number of halogens is 14. The first-order valence-electron chi connectivity index (χ1n) is 7.63. The molecule has 2 aromatic carbocycles. The molecule has 0 spiro atoms. The maximum atomic E-state index is 13.6. The minimum atomic E-state index is -5.70. The molecule has 32 heavy (non-hydrogen) atoms. The minimum absolute atomic E-state index is 0.513. The van der Waals surface area contributed by atoms with Crippen molar-refractivity contribution in [3.63, 3.8) is 0 Å². The van der Waals surface area contributed by atoms with Crippen molar-refractivity contribution in [2.45, 2.75) is 24.7 Å². The molecule has 2 aromatic rings. The van der Waals surface area contributed by atoms with Crippen LogP contribution in [0.4, 0.5) is 64.1 Å². The summed E-state index contributed by atoms with van der Waals surface area (Å²) in [6, 6.07) is -1.03. The summed E-state index contributed by atoms with van der Waals surface area (Å²) in [5.74, 6) is 0. The maximum absolute atomic E-state index is 13.6. The predicted molar refractivity (Wildman–Crippen MR) is 96.1 cm³/mol. The van der Waals surface area contributed by atoms with Crippen LogP contribution in [0.2, 0.25) is 0 Å². The number of hydrogen-bond donors (Lipinski definition) is 2. The second-order valence-corrected chi connectivity index (χ2v) is 7.73. The second kappa shape index (κ2) is 7.88. The van der Waals surface area contributed by atoms with Crippen LogP contribution in [0.3, 0.4) is 0 Å². The van der Waals surface area contributed by atoms with Gasteiger partial charge in [0.1, 0.15) is 0 Å². The van der Waals surface area contributed by atoms with Crippen LogP contribution in [0.25, 0.3) is 11.1 Å². The van der Waals surface area contributed by atoms with E-state index in [2.05, 4.69) is 31.9 Å². The number of nitrogens with two attached hydrogens (primary N) is 2. The van der Waals surface area contributed by atoms with Crippen molar-refractivity contribution in [2.24, 2.45) is 0 Å². The van der Waals surface area contributed by atoms with Crippen LogP contribution in [0.1, 0.15) is 22.3 Å². The van der Waals surface area contributed by atoms with Gasteiger partial charge in [0.25, 0.3) is 0 Å². The van der Waals surface area contributed by atoms with Gasteiger partial charge in [0, 0.05) is 11.1 Å². The maximum Gasteiger partial charge on any atom is 0.417 e. The van der Waals surface area contributed by atoms with Gasteiger partial charge in [0.2, 0.25) is 0 Å². The molecule has 2 rings (SSSR count). The van der Waals surface area contributed by atoms with E-state index in [1.807, 2.05) is 0 Å². The molecular formula is C16H6Br2F12N2. The Balaban J connectivity index is 3.20. The van der Waals surface area contributed by atoms with Crippen molar-refractivity contribution in [3.05, 3.63) is 43.3 Å². The van der Waals surface area contributed by atoms with Crippen LogP contribution >= 0.6 is 31.9 Å². The topological polar surface area (TPSA) is 52.0 Å². The predicted octanol–water partition coefficient (Wildman–Crippen LogP) is 8.12. The Bertz CT molecular complexity index is 980. The van der Waals surface area contributed by atoms with Gasteiger partial charge in [0.15, 0.2) is 0 Å². The van der Waals surface area contributed by atoms with Crippen molar-refractivity contribution in [2.75, 3.05) is 11.5 Å². The zero-order chi connectivity index (χ0) is 25.2. The molecule has 178 valence electrons. The average molecular weight is 614 g/mol. The van der Waals surface area contributed by atoms with Gasteiger partial charge in [-0.3, -0.25) is 0 Å². The third-order valence-electron chi connectivity index (χ3n) is 4.07. The Labute approximate surface area is 186 Å². The molecule has 0 aliphatic heterocycles. The highest BCUT2D eigenvalue weighted by atomic mass is 79.9. The van der Waals surface area contributed by atoms with Gasteiger partial charge in [0.05, 0.1) is 42.6 Å². The summed E-state index contributed by atoms with van der Waals surface area (Å²) in [6.45, 7) is 0. The van der Waals surface area contributed by atoms with Gasteiger partial charge in [-0.1, -0.05) is 0 Å². The van der Waals surface area contributed by atoms with Crippen LogP contribution in [0.15, 0.2) is 21.1 Å². The van der Waals surface area contributed by atoms with Crippen molar-refractivity contribution < 1.29 is 52.7 Å². The van der Waals surface area contributed by atoms with E-state index in [1.54, 1.807) is 0 Å². The molecule has 0 radical (unpaired) electrons. The Kier molecular flexibility index (Phi) is 6.51. The summed E-state index contributed by atoms with van der Waals surface area (Å²) in [4.78, 5) is 0. The number of alkyl halides is 12. The average Bonchev–Trinajstić information content (AvgIpc) is 2.55. The van der Waals surface area contributed by atoms with Crippen LogP contribution in [0.5, 0.6) is 0 Å². The summed E-state index contributed by atoms with van der Waals surface area (Å²) >= 11 is 4.61. The molecule has 4 N–H and O–H groups in total. The van der Waals surface area contributed by atoms with Gasteiger partial charge in [-0.25, -0.2) is 0 Å². The molecule has 0 bridgehead atoms. The zero-order valence-corrected chi connectivity index (χ0v) is 17.8. The summed E-state index contributed by atoms with van der Waals surface area (Å²) < 4.78 is 158. The van der Waals surface area contributed by atoms with Crippen LogP contribution < -0.4 is 11.5 Å². The quantitative estimate of drug-likeness (QED) is 0.252. The highest BCUT2D eigenvalue weighted by Gasteiger charge is 2.46. The monoisotopic (exact) mass is 612 g/mol. The molecular weight excluding hydrogens is 608 g/mol. The van der Waals surface area contributed by atoms with E-state index in [1.165, 1.54) is 0 Å². The lowest BCUT2D eigenvalue weighted by molar-refractivity contribution is -0.145. The molecule has 0 aliphatic rings. The van der Waals surface area contributed by atoms with E-state index < -0.39 is 90.5 Å². The fourth-order valence-corrected chi connectivity index (χ4v) is 3.83. The smallest absolute Gasteiger partial charge is 0.397 e. The van der Waals surface area contributed by atoms with E-state index in [0.717, 1.165) is 0 Å². The molecule has 0 amide bonds. The number of hydrogen-bond acceptors (Lipinski definition) is 2. The lowest BCUT2D eigenvalue weighted by Crippen LogP contribution is -2.19. The van der Waals surface area contributed by atoms with Gasteiger partial charge >= 0.3 is 24.7 Å². The molecule has 0 aliphatic carbocycles. The SMILES string of the molecule is Nc1c(Br)c(C(F)(F)F)cc(C(F)(F)F)c1-c1c(C(F)(F)F)cc(C(F)(F)F)c(Br)c1N. The molecule has 0 saturated carbocycles. The Morgan fingerprint density at radius 2 is 0.688 bits per heavy atom. The van der Waals surface area contributed by atoms with E-state index in [4.69, 9.17) is 11.5 Å². The third-order valence-corrected chi connectivity index (χ3v) is 5.78. The Morgan fingerprint density at radius 3 is 0.875 bits per heavy atom. The lowest BCUT2D eigenvalue weighted by atomic mass is 9.89. The second-order valence-electron chi connectivity index (χ2n) is 6.14. The van der Waals surface area contributed by atoms with Crippen molar-refractivity contribution in [1.29, 1.82) is 0 Å². The summed E-state index contributed by atoms with van der Waals surface area (Å²) in [7, 11) is 0. The molecule has 0 aromatic heterocycles. The minimum Gasteiger partial charge on any atom is -0.397 e. The molecule has 0 saturated heterocycles. The van der Waals surface area contributed by atoms with Crippen molar-refractivity contribution >= 4 is 43.2 Å². The van der Waals surface area contributed by atoms with E-state index >= 15 is 0 Å². The highest BCUT2D eigenvalue weighted by molar-refractivity contribution is 9.11. The number of nitrogen functional groups attached to an aromatic ring is 2. The van der Waals surface area contributed by atoms with Gasteiger partial charge < -0.3 is 11.5 Å². The Morgan fingerprint density at radius 1 is 0.469 bits per heavy atom. The summed E-state index contributed by atoms with van der Waals surface area (Å²) in [5, 5.41) is 0. The standard InChI is InChI=1S/C16H6Br2F12N2/c17-9-5(15(25,26)27)1-3(13(19,20)21)7(11(9)31)8-4(14(22,23)24)2-6(16(28,29)30)10(18)12(8)32/h1-2H,31-32H2. The van der Waals surface area contributed by atoms with E-state index in [0.29, 0.717) is 0 Å². The first-order chi connectivity index (χ1) is 14.1. The first kappa shape index (κ1) is 26.4. The molecule has 0 unspecified atom stereocenters. The van der Waals surface area contributed by atoms with Gasteiger partial charge in [-0.05, 0) is 44.0 Å². The lowest BCUT2D eigenvalue weighted by Gasteiger charge is -2.25. The van der Waals surface area contributed by atoms with Crippen LogP contribution in [-0.2, 0) is 24.7 Å². The largest absolute Gasteiger partial charge is 0.417 e. The molecule has 0 fully saturated rings. The number of benzene rings is 2. The number of rotatable bonds is 1. The molecule has 16 heteroatoms. The van der Waals surface area contributed by atoms with Gasteiger partial charge in [-0.15, -0.1) is 0 Å². The Hall–Kier alpha value is -1.84. The first-order valence-corrected chi connectivity index (χ1v) is 9.21. The zero-order valence-electron chi connectivity index (χ0n) is 14.6. The fraction of sp³-hybridized carbons (Fsp3) is 0.250. The fourth-order valence-electron chi connectivity index (χ4n) is 2.76. The number of anilines is 2. The molecule has 0 heterocycles. The van der Waals surface area contributed by atoms with Crippen LogP contribution in [0, 0.1) is 0 Å². The van der Waals surface area contributed by atoms with Crippen LogP contribution in [-0.4, -0.2) is 0 Å². The normalized spacial score (nSPS) is 13.6. The molecule has 0 atom stereocenters. The molecule has 2 nitrogen and oxygen atoms in total. The summed E-state index contributed by atoms with van der Waals surface area (Å²) in [5.41, 5.74) is -4.05. The van der Waals surface area contributed by atoms with Gasteiger partial charge in [-0.2, -0.15) is 52.7 Å². The highest BCUT2D eigenvalue weighted by Crippen LogP contribution is 2.54. The third kappa shape index (κ3) is 4.75. The van der Waals surface area contributed by atoms with Crippen molar-refractivity contribution in [3.8, 4) is 11.1 Å². The summed E-state index contributed by atoms with van der Waals surface area (Å²) in [6.07, 6.45) is -22.2. The van der Waals surface area contributed by atoms with E-state index in [-0.39, 0.29) is 0 Å². The van der Waals surface area contributed by atoms with Crippen molar-refractivity contribution in [1.82, 2.24) is 0 Å².